The molecule has 0 amide bonds. The van der Waals surface area contributed by atoms with Crippen molar-refractivity contribution in [3.63, 3.8) is 0 Å². The van der Waals surface area contributed by atoms with Crippen molar-refractivity contribution >= 4 is 17.4 Å². The highest BCUT2D eigenvalue weighted by molar-refractivity contribution is 7.99. The first-order valence-corrected chi connectivity index (χ1v) is 6.70. The topological polar surface area (TPSA) is 42.7 Å². The molecule has 1 aromatic carbocycles. The molecular weight excluding hydrogens is 244 g/mol. The van der Waals surface area contributed by atoms with E-state index in [9.17, 15) is 0 Å². The van der Waals surface area contributed by atoms with Gasteiger partial charge in [0.1, 0.15) is 5.69 Å². The SMILES string of the molecule is C=CCSc1ccccc1NCc1cn(C)nn1. The van der Waals surface area contributed by atoms with Gasteiger partial charge in [0.25, 0.3) is 0 Å². The smallest absolute Gasteiger partial charge is 0.102 e. The standard InChI is InChI=1S/C13H16N4S/c1-3-8-18-13-7-5-4-6-12(13)14-9-11-10-17(2)16-15-11/h3-7,10,14H,1,8-9H2,2H3. The van der Waals surface area contributed by atoms with E-state index >= 15 is 0 Å². The van der Waals surface area contributed by atoms with Crippen molar-refractivity contribution < 1.29 is 0 Å². The van der Waals surface area contributed by atoms with Gasteiger partial charge in [-0.2, -0.15) is 0 Å². The van der Waals surface area contributed by atoms with Gasteiger partial charge in [-0.25, -0.2) is 0 Å². The van der Waals surface area contributed by atoms with Crippen molar-refractivity contribution in [3.05, 3.63) is 48.8 Å². The molecule has 0 fully saturated rings. The van der Waals surface area contributed by atoms with E-state index in [4.69, 9.17) is 0 Å². The molecule has 4 nitrogen and oxygen atoms in total. The predicted molar refractivity (Wildman–Crippen MR) is 75.7 cm³/mol. The minimum atomic E-state index is 0.680. The second kappa shape index (κ2) is 6.26. The predicted octanol–water partition coefficient (Wildman–Crippen LogP) is 2.71. The summed E-state index contributed by atoms with van der Waals surface area (Å²) >= 11 is 1.77. The fourth-order valence-electron chi connectivity index (χ4n) is 1.55. The average Bonchev–Trinajstić information content (AvgIpc) is 2.81. The van der Waals surface area contributed by atoms with Crippen LogP contribution in [0.1, 0.15) is 5.69 Å². The van der Waals surface area contributed by atoms with Gasteiger partial charge in [-0.15, -0.1) is 23.4 Å². The minimum Gasteiger partial charge on any atom is -0.378 e. The third-order valence-electron chi connectivity index (χ3n) is 2.35. The Balaban J connectivity index is 2.01. The maximum atomic E-state index is 4.05. The zero-order chi connectivity index (χ0) is 12.8. The Morgan fingerprint density at radius 2 is 2.28 bits per heavy atom. The lowest BCUT2D eigenvalue weighted by Gasteiger charge is -2.09. The maximum Gasteiger partial charge on any atom is 0.102 e. The van der Waals surface area contributed by atoms with E-state index < -0.39 is 0 Å². The Labute approximate surface area is 111 Å². The molecule has 0 aliphatic heterocycles. The number of anilines is 1. The van der Waals surface area contributed by atoms with E-state index in [-0.39, 0.29) is 0 Å². The van der Waals surface area contributed by atoms with Crippen LogP contribution in [0, 0.1) is 0 Å². The molecule has 0 radical (unpaired) electrons. The Morgan fingerprint density at radius 1 is 1.44 bits per heavy atom. The maximum absolute atomic E-state index is 4.05. The number of nitrogens with zero attached hydrogens (tertiary/aromatic N) is 3. The molecule has 0 saturated carbocycles. The summed E-state index contributed by atoms with van der Waals surface area (Å²) in [7, 11) is 1.87. The molecule has 5 heteroatoms. The third-order valence-corrected chi connectivity index (χ3v) is 3.42. The molecular formula is C13H16N4S. The number of aryl methyl sites for hydroxylation is 1. The molecule has 1 aromatic heterocycles. The molecule has 0 unspecified atom stereocenters. The van der Waals surface area contributed by atoms with Crippen molar-refractivity contribution in [2.75, 3.05) is 11.1 Å². The first-order chi connectivity index (χ1) is 8.79. The zero-order valence-corrected chi connectivity index (χ0v) is 11.2. The van der Waals surface area contributed by atoms with Crippen LogP contribution < -0.4 is 5.32 Å². The van der Waals surface area contributed by atoms with Gasteiger partial charge >= 0.3 is 0 Å². The van der Waals surface area contributed by atoms with Crippen LogP contribution in [0.5, 0.6) is 0 Å². The molecule has 94 valence electrons. The summed E-state index contributed by atoms with van der Waals surface area (Å²) < 4.78 is 1.70. The van der Waals surface area contributed by atoms with Gasteiger partial charge in [-0.05, 0) is 12.1 Å². The number of benzene rings is 1. The van der Waals surface area contributed by atoms with Gasteiger partial charge in [0.2, 0.25) is 0 Å². The first-order valence-electron chi connectivity index (χ1n) is 5.71. The van der Waals surface area contributed by atoms with Crippen molar-refractivity contribution in [1.82, 2.24) is 15.0 Å². The Bertz CT molecular complexity index is 521. The average molecular weight is 260 g/mol. The monoisotopic (exact) mass is 260 g/mol. The van der Waals surface area contributed by atoms with E-state index in [1.165, 1.54) is 4.90 Å². The van der Waals surface area contributed by atoms with Crippen molar-refractivity contribution in [2.24, 2.45) is 7.05 Å². The molecule has 0 saturated heterocycles. The van der Waals surface area contributed by atoms with Crippen LogP contribution >= 0.6 is 11.8 Å². The molecule has 0 aliphatic rings. The minimum absolute atomic E-state index is 0.680. The van der Waals surface area contributed by atoms with Crippen LogP contribution in [0.15, 0.2) is 48.0 Å². The Hall–Kier alpha value is -1.75. The number of aromatic nitrogens is 3. The van der Waals surface area contributed by atoms with E-state index in [0.29, 0.717) is 6.54 Å². The lowest BCUT2D eigenvalue weighted by atomic mass is 10.3. The van der Waals surface area contributed by atoms with Crippen molar-refractivity contribution in [3.8, 4) is 0 Å². The van der Waals surface area contributed by atoms with Crippen LogP contribution in [-0.2, 0) is 13.6 Å². The quantitative estimate of drug-likeness (QED) is 0.640. The number of hydrogen-bond donors (Lipinski definition) is 1. The van der Waals surface area contributed by atoms with Gasteiger partial charge < -0.3 is 5.32 Å². The van der Waals surface area contributed by atoms with Crippen LogP contribution in [0.25, 0.3) is 0 Å². The van der Waals surface area contributed by atoms with Crippen LogP contribution in [0.2, 0.25) is 0 Å². The number of nitrogens with one attached hydrogen (secondary N) is 1. The lowest BCUT2D eigenvalue weighted by Crippen LogP contribution is -2.01. The second-order valence-electron chi connectivity index (χ2n) is 3.83. The van der Waals surface area contributed by atoms with Gasteiger partial charge in [0.05, 0.1) is 6.54 Å². The fraction of sp³-hybridized carbons (Fsp3) is 0.231. The molecule has 1 heterocycles. The summed E-state index contributed by atoms with van der Waals surface area (Å²) in [5.41, 5.74) is 2.05. The summed E-state index contributed by atoms with van der Waals surface area (Å²) in [5.74, 6) is 0.907. The summed E-state index contributed by atoms with van der Waals surface area (Å²) in [6, 6.07) is 8.24. The van der Waals surface area contributed by atoms with E-state index in [1.807, 2.05) is 31.5 Å². The van der Waals surface area contributed by atoms with Crippen LogP contribution in [-0.4, -0.2) is 20.7 Å². The fourth-order valence-corrected chi connectivity index (χ4v) is 2.32. The molecule has 0 spiro atoms. The van der Waals surface area contributed by atoms with Gasteiger partial charge in [-0.3, -0.25) is 4.68 Å². The molecule has 0 atom stereocenters. The largest absolute Gasteiger partial charge is 0.378 e. The van der Waals surface area contributed by atoms with E-state index in [0.717, 1.165) is 17.1 Å². The first kappa shape index (κ1) is 12.7. The number of rotatable bonds is 6. The highest BCUT2D eigenvalue weighted by atomic mass is 32.2. The van der Waals surface area contributed by atoms with Crippen LogP contribution in [0.3, 0.4) is 0 Å². The number of para-hydroxylation sites is 1. The van der Waals surface area contributed by atoms with E-state index in [1.54, 1.807) is 16.4 Å². The Morgan fingerprint density at radius 3 is 3.00 bits per heavy atom. The van der Waals surface area contributed by atoms with Gasteiger partial charge in [0, 0.05) is 29.6 Å². The highest BCUT2D eigenvalue weighted by Gasteiger charge is 2.03. The summed E-state index contributed by atoms with van der Waals surface area (Å²) in [4.78, 5) is 1.22. The van der Waals surface area contributed by atoms with Gasteiger partial charge in [0.15, 0.2) is 0 Å². The number of hydrogen-bond acceptors (Lipinski definition) is 4. The summed E-state index contributed by atoms with van der Waals surface area (Å²) in [6.45, 7) is 4.42. The van der Waals surface area contributed by atoms with E-state index in [2.05, 4.69) is 34.3 Å². The summed E-state index contributed by atoms with van der Waals surface area (Å²) in [6.07, 6.45) is 3.82. The van der Waals surface area contributed by atoms with Gasteiger partial charge in [-0.1, -0.05) is 23.4 Å². The molecule has 0 aliphatic carbocycles. The zero-order valence-electron chi connectivity index (χ0n) is 10.3. The third kappa shape index (κ3) is 3.37. The molecule has 1 N–H and O–H groups in total. The van der Waals surface area contributed by atoms with Crippen molar-refractivity contribution in [2.45, 2.75) is 11.4 Å². The second-order valence-corrected chi connectivity index (χ2v) is 4.89. The molecule has 2 aromatic rings. The van der Waals surface area contributed by atoms with Crippen molar-refractivity contribution in [1.29, 1.82) is 0 Å². The molecule has 2 rings (SSSR count). The normalized spacial score (nSPS) is 10.3. The molecule has 0 bridgehead atoms. The van der Waals surface area contributed by atoms with Crippen LogP contribution in [0.4, 0.5) is 5.69 Å². The lowest BCUT2D eigenvalue weighted by molar-refractivity contribution is 0.713. The summed E-state index contributed by atoms with van der Waals surface area (Å²) in [5, 5.41) is 11.3. The molecule has 18 heavy (non-hydrogen) atoms. The Kier molecular flexibility index (Phi) is 4.41. The highest BCUT2D eigenvalue weighted by Crippen LogP contribution is 2.27. The number of thioether (sulfide) groups is 1.